The topological polar surface area (TPSA) is 144 Å². The highest BCUT2D eigenvalue weighted by atomic mass is 31.2. The molecular formula is C36H60N5O6P. The molecule has 270 valence electrons. The number of nitrogens with zero attached hydrogens (tertiary/aromatic N) is 4. The summed E-state index contributed by atoms with van der Waals surface area (Å²) in [6, 6.07) is 9.47. The van der Waals surface area contributed by atoms with Crippen LogP contribution in [0.3, 0.4) is 0 Å². The molecule has 3 rings (SSSR count). The van der Waals surface area contributed by atoms with Crippen molar-refractivity contribution in [1.82, 2.24) is 19.5 Å². The molecule has 12 heteroatoms. The van der Waals surface area contributed by atoms with Gasteiger partial charge in [0.2, 0.25) is 0 Å². The largest absolute Gasteiger partial charge is 0.394 e. The third-order valence-electron chi connectivity index (χ3n) is 8.51. The molecule has 0 spiro atoms. The van der Waals surface area contributed by atoms with Gasteiger partial charge < -0.3 is 33.9 Å². The molecule has 0 fully saturated rings. The molecule has 1 aromatic carbocycles. The summed E-state index contributed by atoms with van der Waals surface area (Å²) in [4.78, 5) is 12.4. The number of hydrogen-bond acceptors (Lipinski definition) is 10. The van der Waals surface area contributed by atoms with Crippen LogP contribution < -0.4 is 5.73 Å². The molecule has 0 aliphatic heterocycles. The van der Waals surface area contributed by atoms with Crippen LogP contribution in [0.15, 0.2) is 43.0 Å². The fourth-order valence-electron chi connectivity index (χ4n) is 5.61. The number of unbranched alkanes of at least 4 members (excludes halogenated alkanes) is 13. The van der Waals surface area contributed by atoms with Gasteiger partial charge in [0.15, 0.2) is 11.5 Å². The Balaban J connectivity index is 1.33. The summed E-state index contributed by atoms with van der Waals surface area (Å²) in [6.07, 6.45) is 21.7. The molecule has 0 saturated carbocycles. The van der Waals surface area contributed by atoms with Gasteiger partial charge in [-0.05, 0) is 18.9 Å². The smallest absolute Gasteiger partial charge is 0.356 e. The van der Waals surface area contributed by atoms with E-state index in [9.17, 15) is 9.67 Å². The highest BCUT2D eigenvalue weighted by Crippen LogP contribution is 2.49. The second-order valence-corrected chi connectivity index (χ2v) is 14.7. The summed E-state index contributed by atoms with van der Waals surface area (Å²) in [6.45, 7) is 4.73. The second kappa shape index (κ2) is 23.9. The standard InChI is InChI=1S/C36H60N5O6P/c1-3-4-5-6-7-8-9-10-11-12-13-14-15-17-20-31(2)44-23-24-46-48(43,47-27-32-21-18-16-19-22-32)30-45-33(26-42)25-41-29-40-34-35(37)38-28-39-36(34)41/h16,18-19,21-22,28-29,31,33,42H,3-15,17,20,23-27,30H2,1-2H3,(H2,37,38,39)/t31?,33-,48+/m0/s1. The summed E-state index contributed by atoms with van der Waals surface area (Å²) < 4.78 is 38.9. The molecule has 1 unspecified atom stereocenters. The van der Waals surface area contributed by atoms with Crippen LogP contribution in [-0.4, -0.2) is 63.0 Å². The van der Waals surface area contributed by atoms with Crippen molar-refractivity contribution in [3.63, 3.8) is 0 Å². The fourth-order valence-corrected chi connectivity index (χ4v) is 6.92. The lowest BCUT2D eigenvalue weighted by Gasteiger charge is -2.22. The van der Waals surface area contributed by atoms with Gasteiger partial charge in [0.1, 0.15) is 18.2 Å². The van der Waals surface area contributed by atoms with Crippen LogP contribution in [0.5, 0.6) is 0 Å². The average molecular weight is 690 g/mol. The number of benzene rings is 1. The number of rotatable bonds is 29. The van der Waals surface area contributed by atoms with Gasteiger partial charge >= 0.3 is 7.60 Å². The Bertz CT molecular complexity index is 1300. The van der Waals surface area contributed by atoms with Crippen molar-refractivity contribution in [2.75, 3.05) is 31.9 Å². The lowest BCUT2D eigenvalue weighted by molar-refractivity contribution is 0.00755. The summed E-state index contributed by atoms with van der Waals surface area (Å²) in [7, 11) is -3.69. The van der Waals surface area contributed by atoms with Crippen molar-refractivity contribution < 1.29 is 28.2 Å². The highest BCUT2D eigenvalue weighted by molar-refractivity contribution is 7.53. The Morgan fingerprint density at radius 3 is 2.12 bits per heavy atom. The first-order valence-corrected chi connectivity index (χ1v) is 19.8. The summed E-state index contributed by atoms with van der Waals surface area (Å²) >= 11 is 0. The number of nitrogen functional groups attached to an aromatic ring is 1. The molecule has 0 saturated heterocycles. The quantitative estimate of drug-likeness (QED) is 0.0538. The van der Waals surface area contributed by atoms with Gasteiger partial charge in [0.25, 0.3) is 0 Å². The van der Waals surface area contributed by atoms with Gasteiger partial charge in [-0.3, -0.25) is 4.57 Å². The monoisotopic (exact) mass is 689 g/mol. The molecule has 3 atom stereocenters. The van der Waals surface area contributed by atoms with Gasteiger partial charge in [-0.25, -0.2) is 15.0 Å². The zero-order chi connectivity index (χ0) is 34.3. The maximum absolute atomic E-state index is 13.8. The molecule has 0 amide bonds. The number of aliphatic hydroxyl groups is 1. The van der Waals surface area contributed by atoms with Gasteiger partial charge in [0.05, 0.1) is 51.5 Å². The molecule has 0 radical (unpaired) electrons. The Morgan fingerprint density at radius 2 is 1.48 bits per heavy atom. The van der Waals surface area contributed by atoms with Crippen LogP contribution in [0.2, 0.25) is 0 Å². The molecule has 3 N–H and O–H groups in total. The molecule has 0 aliphatic rings. The number of imidazole rings is 1. The Labute approximate surface area is 287 Å². The average Bonchev–Trinajstić information content (AvgIpc) is 3.52. The Morgan fingerprint density at radius 1 is 0.833 bits per heavy atom. The lowest BCUT2D eigenvalue weighted by atomic mass is 10.0. The predicted molar refractivity (Wildman–Crippen MR) is 192 cm³/mol. The maximum Gasteiger partial charge on any atom is 0.356 e. The molecule has 3 aromatic rings. The number of aromatic nitrogens is 4. The first kappa shape index (κ1) is 40.0. The van der Waals surface area contributed by atoms with E-state index in [0.29, 0.717) is 17.8 Å². The Hall–Kier alpha value is -2.40. The van der Waals surface area contributed by atoms with Crippen molar-refractivity contribution in [3.05, 3.63) is 48.5 Å². The number of aliphatic hydroxyl groups excluding tert-OH is 1. The molecule has 11 nitrogen and oxygen atoms in total. The second-order valence-electron chi connectivity index (χ2n) is 12.7. The molecule has 48 heavy (non-hydrogen) atoms. The molecule has 0 aliphatic carbocycles. The van der Waals surface area contributed by atoms with Gasteiger partial charge in [-0.2, -0.15) is 0 Å². The van der Waals surface area contributed by atoms with Crippen LogP contribution in [-0.2, 0) is 36.2 Å². The van der Waals surface area contributed by atoms with E-state index >= 15 is 0 Å². The van der Waals surface area contributed by atoms with Crippen LogP contribution >= 0.6 is 7.60 Å². The number of anilines is 1. The van der Waals surface area contributed by atoms with Crippen molar-refractivity contribution in [1.29, 1.82) is 0 Å². The lowest BCUT2D eigenvalue weighted by Crippen LogP contribution is -2.25. The van der Waals surface area contributed by atoms with Crippen LogP contribution in [0, 0.1) is 0 Å². The zero-order valence-electron chi connectivity index (χ0n) is 29.3. The number of ether oxygens (including phenoxy) is 2. The molecular weight excluding hydrogens is 629 g/mol. The highest BCUT2D eigenvalue weighted by Gasteiger charge is 2.28. The van der Waals surface area contributed by atoms with Gasteiger partial charge in [-0.1, -0.05) is 127 Å². The zero-order valence-corrected chi connectivity index (χ0v) is 30.2. The molecule has 0 bridgehead atoms. The first-order valence-electron chi connectivity index (χ1n) is 18.1. The number of nitrogens with two attached hydrogens (primary N) is 1. The van der Waals surface area contributed by atoms with Gasteiger partial charge in [-0.15, -0.1) is 0 Å². The number of fused-ring (bicyclic) bond motifs is 1. The van der Waals surface area contributed by atoms with E-state index in [1.165, 1.54) is 89.8 Å². The first-order chi connectivity index (χ1) is 23.4. The summed E-state index contributed by atoms with van der Waals surface area (Å²) in [5.41, 5.74) is 7.74. The van der Waals surface area contributed by atoms with Crippen LogP contribution in [0.1, 0.15) is 116 Å². The van der Waals surface area contributed by atoms with E-state index in [1.54, 1.807) is 10.9 Å². The predicted octanol–water partition coefficient (Wildman–Crippen LogP) is 8.45. The van der Waals surface area contributed by atoms with Crippen molar-refractivity contribution >= 4 is 24.6 Å². The maximum atomic E-state index is 13.8. The summed E-state index contributed by atoms with van der Waals surface area (Å²) in [5, 5.41) is 10.0. The van der Waals surface area contributed by atoms with Crippen LogP contribution in [0.4, 0.5) is 5.82 Å². The van der Waals surface area contributed by atoms with Crippen molar-refractivity contribution in [2.24, 2.45) is 0 Å². The van der Waals surface area contributed by atoms with Crippen molar-refractivity contribution in [2.45, 2.75) is 136 Å². The normalized spacial score (nSPS) is 14.3. The third-order valence-corrected chi connectivity index (χ3v) is 10.1. The van der Waals surface area contributed by atoms with Crippen LogP contribution in [0.25, 0.3) is 11.2 Å². The van der Waals surface area contributed by atoms with E-state index < -0.39 is 13.7 Å². The summed E-state index contributed by atoms with van der Waals surface area (Å²) in [5.74, 6) is 0.267. The minimum absolute atomic E-state index is 0.0911. The fraction of sp³-hybridized carbons (Fsp3) is 0.694. The van der Waals surface area contributed by atoms with E-state index in [0.717, 1.165) is 18.4 Å². The molecule has 2 heterocycles. The molecule has 2 aromatic heterocycles. The Kier molecular flexibility index (Phi) is 19.9. The van der Waals surface area contributed by atoms with Gasteiger partial charge in [0, 0.05) is 0 Å². The number of hydrogen-bond donors (Lipinski definition) is 2. The minimum atomic E-state index is -3.69. The minimum Gasteiger partial charge on any atom is -0.394 e. The van der Waals surface area contributed by atoms with E-state index in [4.69, 9.17) is 24.3 Å². The van der Waals surface area contributed by atoms with E-state index in [1.807, 2.05) is 30.3 Å². The van der Waals surface area contributed by atoms with Crippen molar-refractivity contribution in [3.8, 4) is 0 Å². The SMILES string of the molecule is CCCCCCCCCCCCCCCCC(C)OCCO[P@](=O)(CO[C@H](CO)Cn1cnc2c(N)ncnc21)OCc1ccccc1. The van der Waals surface area contributed by atoms with E-state index in [2.05, 4.69) is 28.8 Å². The third kappa shape index (κ3) is 15.9. The van der Waals surface area contributed by atoms with E-state index in [-0.39, 0.29) is 44.6 Å².